The average Bonchev–Trinajstić information content (AvgIpc) is 2.71. The van der Waals surface area contributed by atoms with Crippen LogP contribution in [0.15, 0.2) is 30.3 Å². The Morgan fingerprint density at radius 1 is 0.973 bits per heavy atom. The fourth-order valence-electron chi connectivity index (χ4n) is 5.21. The number of alkyl halides is 6. The van der Waals surface area contributed by atoms with E-state index in [1.807, 2.05) is 6.92 Å². The van der Waals surface area contributed by atoms with Crippen molar-refractivity contribution in [1.29, 1.82) is 0 Å². The van der Waals surface area contributed by atoms with Gasteiger partial charge in [0.2, 0.25) is 10.0 Å². The van der Waals surface area contributed by atoms with Crippen LogP contribution in [0.25, 0.3) is 11.1 Å². The molecular weight excluding hydrogens is 524 g/mol. The van der Waals surface area contributed by atoms with Gasteiger partial charge in [-0.3, -0.25) is 9.88 Å². The van der Waals surface area contributed by atoms with Gasteiger partial charge in [-0.05, 0) is 30.5 Å². The smallest absolute Gasteiger partial charge is 0.369 e. The molecule has 0 unspecified atom stereocenters. The van der Waals surface area contributed by atoms with Gasteiger partial charge in [0.15, 0.2) is 0 Å². The van der Waals surface area contributed by atoms with Crippen LogP contribution in [0.5, 0.6) is 0 Å². The summed E-state index contributed by atoms with van der Waals surface area (Å²) in [6.45, 7) is 6.26. The molecule has 0 saturated carbocycles. The van der Waals surface area contributed by atoms with Crippen LogP contribution >= 0.6 is 0 Å². The van der Waals surface area contributed by atoms with E-state index < -0.39 is 33.5 Å². The molecule has 0 amide bonds. The molecule has 13 heteroatoms. The molecule has 0 radical (unpaired) electrons. The number of aliphatic hydroxyl groups is 1. The maximum Gasteiger partial charge on any atom is 0.430 e. The summed E-state index contributed by atoms with van der Waals surface area (Å²) in [4.78, 5) is 6.82. The highest BCUT2D eigenvalue weighted by Gasteiger charge is 2.71. The van der Waals surface area contributed by atoms with E-state index in [-0.39, 0.29) is 11.0 Å². The Bertz CT molecular complexity index is 1280. The predicted octanol–water partition coefficient (Wildman–Crippen LogP) is 4.01. The maximum absolute atomic E-state index is 13.3. The van der Waals surface area contributed by atoms with E-state index in [9.17, 15) is 39.9 Å². The molecule has 2 aliphatic heterocycles. The number of aryl methyl sites for hydroxylation is 2. The molecule has 0 bridgehead atoms. The summed E-state index contributed by atoms with van der Waals surface area (Å²) < 4.78 is 104. The number of hydrogen-bond acceptors (Lipinski definition) is 5. The molecule has 1 aromatic carbocycles. The molecule has 3 heterocycles. The Balaban J connectivity index is 1.52. The van der Waals surface area contributed by atoms with Crippen molar-refractivity contribution in [3.8, 4) is 11.1 Å². The molecule has 4 rings (SSSR count). The van der Waals surface area contributed by atoms with Crippen molar-refractivity contribution < 1.29 is 39.9 Å². The van der Waals surface area contributed by atoms with Crippen LogP contribution in [-0.2, 0) is 28.6 Å². The van der Waals surface area contributed by atoms with Crippen molar-refractivity contribution in [2.24, 2.45) is 5.41 Å². The number of halogens is 6. The van der Waals surface area contributed by atoms with Gasteiger partial charge in [-0.25, -0.2) is 12.7 Å². The van der Waals surface area contributed by atoms with E-state index in [4.69, 9.17) is 0 Å². The first kappa shape index (κ1) is 27.8. The van der Waals surface area contributed by atoms with Gasteiger partial charge in [0.1, 0.15) is 0 Å². The lowest BCUT2D eigenvalue weighted by Gasteiger charge is -2.59. The second kappa shape index (κ2) is 8.92. The fraction of sp³-hybridized carbons (Fsp3) is 0.542. The molecule has 1 N–H and O–H groups in total. The van der Waals surface area contributed by atoms with Crippen LogP contribution < -0.4 is 0 Å². The van der Waals surface area contributed by atoms with Gasteiger partial charge in [0, 0.05) is 55.0 Å². The second-order valence-corrected chi connectivity index (χ2v) is 12.0. The maximum atomic E-state index is 13.3. The average molecular weight is 552 g/mol. The zero-order chi connectivity index (χ0) is 27.6. The number of benzene rings is 1. The molecule has 0 aliphatic carbocycles. The molecule has 2 aromatic rings. The lowest BCUT2D eigenvalue weighted by Crippen LogP contribution is -2.72. The summed E-state index contributed by atoms with van der Waals surface area (Å²) in [5, 5.41) is 9.71. The Labute approximate surface area is 211 Å². The van der Waals surface area contributed by atoms with Gasteiger partial charge >= 0.3 is 12.4 Å². The minimum absolute atomic E-state index is 0.0236. The van der Waals surface area contributed by atoms with Crippen LogP contribution in [0.3, 0.4) is 0 Å². The largest absolute Gasteiger partial charge is 0.430 e. The lowest BCUT2D eigenvalue weighted by atomic mass is 9.74. The van der Waals surface area contributed by atoms with Gasteiger partial charge in [-0.15, -0.1) is 0 Å². The van der Waals surface area contributed by atoms with Gasteiger partial charge < -0.3 is 5.11 Å². The standard InChI is InChI=1S/C24H27F6N3O3S/c1-4-20-19(18-7-5-16(9-15(18)2)22(34,23(25,26)27)24(28,29)30)8-6-17(31-20)10-32-11-21(12-32)13-33(14-21)37(3,35)36/h5-9,34H,4,10-14H2,1-3H3. The Morgan fingerprint density at radius 3 is 2.03 bits per heavy atom. The summed E-state index contributed by atoms with van der Waals surface area (Å²) in [5.41, 5.74) is -3.76. The Hall–Kier alpha value is -2.22. The lowest BCUT2D eigenvalue weighted by molar-refractivity contribution is -0.376. The van der Waals surface area contributed by atoms with E-state index in [0.717, 1.165) is 24.8 Å². The van der Waals surface area contributed by atoms with Crippen molar-refractivity contribution in [2.45, 2.75) is 44.8 Å². The number of sulfonamides is 1. The molecule has 2 saturated heterocycles. The van der Waals surface area contributed by atoms with Crippen LogP contribution in [0.1, 0.15) is 29.4 Å². The number of likely N-dealkylation sites (tertiary alicyclic amines) is 1. The first-order chi connectivity index (χ1) is 16.9. The Kier molecular flexibility index (Phi) is 6.71. The van der Waals surface area contributed by atoms with Crippen molar-refractivity contribution in [3.63, 3.8) is 0 Å². The molecule has 1 spiro atoms. The molecule has 0 atom stereocenters. The summed E-state index contributed by atoms with van der Waals surface area (Å²) in [6, 6.07) is 6.01. The fourth-order valence-corrected chi connectivity index (χ4v) is 6.22. The third-order valence-corrected chi connectivity index (χ3v) is 8.31. The zero-order valence-electron chi connectivity index (χ0n) is 20.4. The second-order valence-electron chi connectivity index (χ2n) is 10.1. The Morgan fingerprint density at radius 2 is 1.54 bits per heavy atom. The van der Waals surface area contributed by atoms with Crippen molar-refractivity contribution in [1.82, 2.24) is 14.2 Å². The van der Waals surface area contributed by atoms with E-state index in [0.29, 0.717) is 55.0 Å². The number of rotatable bonds is 6. The molecule has 2 aliphatic rings. The quantitative estimate of drug-likeness (QED) is 0.550. The summed E-state index contributed by atoms with van der Waals surface area (Å²) in [6.07, 6.45) is -10.2. The van der Waals surface area contributed by atoms with Crippen LogP contribution in [0, 0.1) is 12.3 Å². The summed E-state index contributed by atoms with van der Waals surface area (Å²) in [5.74, 6) is 0. The van der Waals surface area contributed by atoms with Gasteiger partial charge in [-0.1, -0.05) is 31.2 Å². The van der Waals surface area contributed by atoms with E-state index in [1.165, 1.54) is 17.5 Å². The van der Waals surface area contributed by atoms with E-state index in [2.05, 4.69) is 9.88 Å². The van der Waals surface area contributed by atoms with Gasteiger partial charge in [-0.2, -0.15) is 26.3 Å². The van der Waals surface area contributed by atoms with E-state index >= 15 is 0 Å². The molecule has 204 valence electrons. The zero-order valence-corrected chi connectivity index (χ0v) is 21.2. The van der Waals surface area contributed by atoms with Crippen LogP contribution in [-0.4, -0.2) is 72.5 Å². The van der Waals surface area contributed by atoms with Crippen LogP contribution in [0.2, 0.25) is 0 Å². The van der Waals surface area contributed by atoms with E-state index in [1.54, 1.807) is 12.1 Å². The summed E-state index contributed by atoms with van der Waals surface area (Å²) in [7, 11) is -3.18. The van der Waals surface area contributed by atoms with Crippen molar-refractivity contribution in [2.75, 3.05) is 32.4 Å². The topological polar surface area (TPSA) is 73.7 Å². The minimum Gasteiger partial charge on any atom is -0.369 e. The first-order valence-electron chi connectivity index (χ1n) is 11.5. The predicted molar refractivity (Wildman–Crippen MR) is 124 cm³/mol. The third kappa shape index (κ3) is 4.86. The number of hydrogen-bond donors (Lipinski definition) is 1. The molecule has 2 fully saturated rings. The van der Waals surface area contributed by atoms with Crippen molar-refractivity contribution in [3.05, 3.63) is 52.8 Å². The van der Waals surface area contributed by atoms with Crippen molar-refractivity contribution >= 4 is 10.0 Å². The van der Waals surface area contributed by atoms with Crippen LogP contribution in [0.4, 0.5) is 26.3 Å². The molecule has 37 heavy (non-hydrogen) atoms. The minimum atomic E-state index is -5.95. The number of pyridine rings is 1. The molecular formula is C24H27F6N3O3S. The molecule has 1 aromatic heterocycles. The normalized spacial score (nSPS) is 19.1. The summed E-state index contributed by atoms with van der Waals surface area (Å²) >= 11 is 0. The number of aromatic nitrogens is 1. The first-order valence-corrected chi connectivity index (χ1v) is 13.4. The van der Waals surface area contributed by atoms with Gasteiger partial charge in [0.25, 0.3) is 5.60 Å². The molecule has 6 nitrogen and oxygen atoms in total. The monoisotopic (exact) mass is 551 g/mol. The highest BCUT2D eigenvalue weighted by atomic mass is 32.2. The highest BCUT2D eigenvalue weighted by Crippen LogP contribution is 2.50. The third-order valence-electron chi connectivity index (χ3n) is 7.12. The van der Waals surface area contributed by atoms with Gasteiger partial charge in [0.05, 0.1) is 11.9 Å². The highest BCUT2D eigenvalue weighted by molar-refractivity contribution is 7.88. The number of nitrogens with zero attached hydrogens (tertiary/aromatic N) is 3. The SMILES string of the molecule is CCc1nc(CN2CC3(C2)CN(S(C)(=O)=O)C3)ccc1-c1ccc(C(O)(C(F)(F)F)C(F)(F)F)cc1C.